The smallest absolute Gasteiger partial charge is 0.229 e. The molecule has 130 valence electrons. The summed E-state index contributed by atoms with van der Waals surface area (Å²) in [5.41, 5.74) is 1.87. The molecule has 0 aromatic heterocycles. The van der Waals surface area contributed by atoms with E-state index in [-0.39, 0.29) is 23.7 Å². The molecule has 1 aliphatic heterocycles. The number of anilines is 2. The minimum Gasteiger partial charge on any atom is -0.373 e. The first-order valence-electron chi connectivity index (χ1n) is 9.00. The second-order valence-electron chi connectivity index (χ2n) is 6.92. The lowest BCUT2D eigenvalue weighted by molar-refractivity contribution is -0.135. The van der Waals surface area contributed by atoms with Gasteiger partial charge in [-0.1, -0.05) is 12.1 Å². The van der Waals surface area contributed by atoms with Gasteiger partial charge in [0.05, 0.1) is 17.3 Å². The highest BCUT2D eigenvalue weighted by Gasteiger charge is 2.36. The maximum Gasteiger partial charge on any atom is 0.229 e. The summed E-state index contributed by atoms with van der Waals surface area (Å²) in [6, 6.07) is 7.87. The molecule has 24 heavy (non-hydrogen) atoms. The molecule has 1 N–H and O–H groups in total. The number of hydrogen-bond acceptors (Lipinski definition) is 3. The number of carbonyl (C=O) groups is 2. The van der Waals surface area contributed by atoms with Crippen LogP contribution < -0.4 is 10.2 Å². The summed E-state index contributed by atoms with van der Waals surface area (Å²) < 4.78 is 0. The fourth-order valence-electron chi connectivity index (χ4n) is 3.30. The zero-order chi connectivity index (χ0) is 17.1. The highest BCUT2D eigenvalue weighted by Crippen LogP contribution is 2.33. The van der Waals surface area contributed by atoms with Gasteiger partial charge in [-0.05, 0) is 44.7 Å². The third-order valence-corrected chi connectivity index (χ3v) is 5.08. The van der Waals surface area contributed by atoms with Gasteiger partial charge in [0.15, 0.2) is 0 Å². The van der Waals surface area contributed by atoms with E-state index in [2.05, 4.69) is 17.1 Å². The predicted molar refractivity (Wildman–Crippen MR) is 96.0 cm³/mol. The number of amides is 2. The summed E-state index contributed by atoms with van der Waals surface area (Å²) in [5, 5.41) is 3.08. The second-order valence-corrected chi connectivity index (χ2v) is 6.92. The van der Waals surface area contributed by atoms with E-state index in [1.165, 1.54) is 0 Å². The van der Waals surface area contributed by atoms with Gasteiger partial charge < -0.3 is 15.1 Å². The van der Waals surface area contributed by atoms with E-state index in [1.807, 2.05) is 36.2 Å². The third kappa shape index (κ3) is 3.71. The first-order valence-corrected chi connectivity index (χ1v) is 9.00. The topological polar surface area (TPSA) is 52.7 Å². The van der Waals surface area contributed by atoms with Crippen molar-refractivity contribution in [1.29, 1.82) is 0 Å². The van der Waals surface area contributed by atoms with E-state index >= 15 is 0 Å². The van der Waals surface area contributed by atoms with Crippen molar-refractivity contribution < 1.29 is 9.59 Å². The molecule has 3 rings (SSSR count). The van der Waals surface area contributed by atoms with Crippen LogP contribution in [0.25, 0.3) is 0 Å². The Morgan fingerprint density at radius 2 is 1.96 bits per heavy atom. The Morgan fingerprint density at radius 1 is 1.21 bits per heavy atom. The highest BCUT2D eigenvalue weighted by molar-refractivity contribution is 5.96. The SMILES string of the molecule is CCN(C)c1ccccc1NC(=O)[C@@H]1CCCN(C(=O)C2CC2)C1. The van der Waals surface area contributed by atoms with Gasteiger partial charge in [0.1, 0.15) is 0 Å². The summed E-state index contributed by atoms with van der Waals surface area (Å²) in [6.45, 7) is 4.32. The number of nitrogens with zero attached hydrogens (tertiary/aromatic N) is 2. The maximum atomic E-state index is 12.7. The molecule has 1 saturated carbocycles. The molecule has 0 radical (unpaired) electrons. The average Bonchev–Trinajstić information content (AvgIpc) is 3.46. The molecule has 5 nitrogen and oxygen atoms in total. The molecule has 1 saturated heterocycles. The van der Waals surface area contributed by atoms with Crippen molar-refractivity contribution in [2.45, 2.75) is 32.6 Å². The molecule has 1 heterocycles. The minimum absolute atomic E-state index is 0.0280. The Labute approximate surface area is 144 Å². The van der Waals surface area contributed by atoms with Gasteiger partial charge in [-0.3, -0.25) is 9.59 Å². The van der Waals surface area contributed by atoms with Crippen LogP contribution in [0.15, 0.2) is 24.3 Å². The molecule has 1 aromatic carbocycles. The molecular weight excluding hydrogens is 302 g/mol. The van der Waals surface area contributed by atoms with Crippen molar-refractivity contribution in [2.24, 2.45) is 11.8 Å². The first-order chi connectivity index (χ1) is 11.6. The van der Waals surface area contributed by atoms with Gasteiger partial charge >= 0.3 is 0 Å². The monoisotopic (exact) mass is 329 g/mol. The first kappa shape index (κ1) is 16.8. The highest BCUT2D eigenvalue weighted by atomic mass is 16.2. The summed E-state index contributed by atoms with van der Waals surface area (Å²) in [6.07, 6.45) is 3.80. The normalized spacial score (nSPS) is 20.6. The maximum absolute atomic E-state index is 12.7. The summed E-state index contributed by atoms with van der Waals surface area (Å²) in [7, 11) is 2.02. The molecule has 0 bridgehead atoms. The van der Waals surface area contributed by atoms with E-state index in [1.54, 1.807) is 0 Å². The number of para-hydroxylation sites is 2. The fraction of sp³-hybridized carbons (Fsp3) is 0.579. The largest absolute Gasteiger partial charge is 0.373 e. The lowest BCUT2D eigenvalue weighted by Gasteiger charge is -2.32. The standard InChI is InChI=1S/C19H27N3O2/c1-3-21(2)17-9-5-4-8-16(17)20-18(23)15-7-6-12-22(13-15)19(24)14-10-11-14/h4-5,8-9,14-15H,3,6-7,10-13H2,1-2H3,(H,20,23)/t15-/m1/s1. The summed E-state index contributed by atoms with van der Waals surface area (Å²) >= 11 is 0. The Kier molecular flexibility index (Phi) is 5.07. The molecule has 2 amide bonds. The van der Waals surface area contributed by atoms with Crippen LogP contribution in [0.4, 0.5) is 11.4 Å². The Hall–Kier alpha value is -2.04. The predicted octanol–water partition coefficient (Wildman–Crippen LogP) is 2.73. The van der Waals surface area contributed by atoms with Crippen molar-refractivity contribution >= 4 is 23.2 Å². The molecule has 1 aliphatic carbocycles. The summed E-state index contributed by atoms with van der Waals surface area (Å²) in [5.74, 6) is 0.394. The van der Waals surface area contributed by atoms with Crippen molar-refractivity contribution in [1.82, 2.24) is 4.90 Å². The van der Waals surface area contributed by atoms with Gasteiger partial charge in [-0.15, -0.1) is 0 Å². The van der Waals surface area contributed by atoms with E-state index in [9.17, 15) is 9.59 Å². The van der Waals surface area contributed by atoms with Crippen LogP contribution in [0.5, 0.6) is 0 Å². The van der Waals surface area contributed by atoms with Crippen molar-refractivity contribution in [2.75, 3.05) is 36.9 Å². The van der Waals surface area contributed by atoms with Gasteiger partial charge in [0.25, 0.3) is 0 Å². The number of piperidine rings is 1. The van der Waals surface area contributed by atoms with Crippen LogP contribution in [0.1, 0.15) is 32.6 Å². The van der Waals surface area contributed by atoms with Crippen LogP contribution >= 0.6 is 0 Å². The van der Waals surface area contributed by atoms with Crippen LogP contribution in [0, 0.1) is 11.8 Å². The molecule has 5 heteroatoms. The van der Waals surface area contributed by atoms with Crippen molar-refractivity contribution in [3.8, 4) is 0 Å². The number of nitrogens with one attached hydrogen (secondary N) is 1. The van der Waals surface area contributed by atoms with E-state index in [0.717, 1.165) is 50.1 Å². The molecule has 0 spiro atoms. The van der Waals surface area contributed by atoms with Gasteiger partial charge in [0, 0.05) is 32.6 Å². The number of hydrogen-bond donors (Lipinski definition) is 1. The van der Waals surface area contributed by atoms with Crippen LogP contribution in [0.3, 0.4) is 0 Å². The Bertz CT molecular complexity index is 612. The van der Waals surface area contributed by atoms with Gasteiger partial charge in [0.2, 0.25) is 11.8 Å². The number of likely N-dealkylation sites (tertiary alicyclic amines) is 1. The second kappa shape index (κ2) is 7.24. The quantitative estimate of drug-likeness (QED) is 0.904. The average molecular weight is 329 g/mol. The molecule has 0 unspecified atom stereocenters. The van der Waals surface area contributed by atoms with Crippen LogP contribution in [-0.2, 0) is 9.59 Å². The fourth-order valence-corrected chi connectivity index (χ4v) is 3.30. The van der Waals surface area contributed by atoms with Crippen LogP contribution in [-0.4, -0.2) is 43.4 Å². The van der Waals surface area contributed by atoms with Crippen LogP contribution in [0.2, 0.25) is 0 Å². The van der Waals surface area contributed by atoms with E-state index in [0.29, 0.717) is 6.54 Å². The summed E-state index contributed by atoms with van der Waals surface area (Å²) in [4.78, 5) is 29.0. The van der Waals surface area contributed by atoms with Gasteiger partial charge in [-0.25, -0.2) is 0 Å². The molecule has 1 atom stereocenters. The lowest BCUT2D eigenvalue weighted by Crippen LogP contribution is -2.44. The molecule has 1 aromatic rings. The third-order valence-electron chi connectivity index (χ3n) is 5.08. The zero-order valence-electron chi connectivity index (χ0n) is 14.6. The Morgan fingerprint density at radius 3 is 2.67 bits per heavy atom. The minimum atomic E-state index is -0.110. The Balaban J connectivity index is 1.65. The zero-order valence-corrected chi connectivity index (χ0v) is 14.6. The number of benzene rings is 1. The van der Waals surface area contributed by atoms with E-state index < -0.39 is 0 Å². The molecule has 2 fully saturated rings. The number of rotatable bonds is 5. The lowest BCUT2D eigenvalue weighted by atomic mass is 9.96. The molecular formula is C19H27N3O2. The molecule has 2 aliphatic rings. The van der Waals surface area contributed by atoms with Crippen molar-refractivity contribution in [3.63, 3.8) is 0 Å². The van der Waals surface area contributed by atoms with Gasteiger partial charge in [-0.2, -0.15) is 0 Å². The number of carbonyl (C=O) groups excluding carboxylic acids is 2. The van der Waals surface area contributed by atoms with Crippen molar-refractivity contribution in [3.05, 3.63) is 24.3 Å². The van der Waals surface area contributed by atoms with E-state index in [4.69, 9.17) is 0 Å².